The molecule has 0 spiro atoms. The molecule has 1 heterocycles. The Balaban J connectivity index is 1.98. The van der Waals surface area contributed by atoms with Crippen LogP contribution < -0.4 is 15.2 Å². The van der Waals surface area contributed by atoms with Crippen LogP contribution in [0.25, 0.3) is 0 Å². The first-order valence-corrected chi connectivity index (χ1v) is 8.09. The Morgan fingerprint density at radius 2 is 1.84 bits per heavy atom. The van der Waals surface area contributed by atoms with Crippen molar-refractivity contribution >= 4 is 11.9 Å². The molecule has 0 bridgehead atoms. The third kappa shape index (κ3) is 3.54. The summed E-state index contributed by atoms with van der Waals surface area (Å²) in [6.45, 7) is 1.44. The number of ether oxygens (including phenoxy) is 3. The minimum atomic E-state index is -0.940. The molecule has 2 aliphatic rings. The summed E-state index contributed by atoms with van der Waals surface area (Å²) in [5.74, 6) is -0.715. The number of primary amides is 1. The summed E-state index contributed by atoms with van der Waals surface area (Å²) in [5, 5.41) is 20.1. The van der Waals surface area contributed by atoms with Crippen LogP contribution in [0.5, 0.6) is 11.5 Å². The van der Waals surface area contributed by atoms with Crippen LogP contribution >= 0.6 is 0 Å². The first-order chi connectivity index (χ1) is 11.9. The largest absolute Gasteiger partial charge is 0.466 e. The summed E-state index contributed by atoms with van der Waals surface area (Å²) < 4.78 is 15.8. The maximum atomic E-state index is 11.9. The maximum Gasteiger partial charge on any atom is 0.302 e. The van der Waals surface area contributed by atoms with Gasteiger partial charge in [0, 0.05) is 18.4 Å². The summed E-state index contributed by atoms with van der Waals surface area (Å²) in [7, 11) is 0. The van der Waals surface area contributed by atoms with E-state index < -0.39 is 24.1 Å². The smallest absolute Gasteiger partial charge is 0.302 e. The normalized spacial score (nSPS) is 27.8. The lowest BCUT2D eigenvalue weighted by atomic mass is 9.72. The minimum Gasteiger partial charge on any atom is -0.466 e. The van der Waals surface area contributed by atoms with Gasteiger partial charge in [-0.3, -0.25) is 9.59 Å². The quantitative estimate of drug-likeness (QED) is 0.665. The summed E-state index contributed by atoms with van der Waals surface area (Å²) in [4.78, 5) is 23.1. The zero-order valence-corrected chi connectivity index (χ0v) is 13.8. The number of aliphatic hydroxyl groups excluding tert-OH is 2. The second-order valence-corrected chi connectivity index (χ2v) is 6.43. The van der Waals surface area contributed by atoms with E-state index in [2.05, 4.69) is 0 Å². The van der Waals surface area contributed by atoms with Crippen molar-refractivity contribution in [3.63, 3.8) is 0 Å². The van der Waals surface area contributed by atoms with E-state index in [9.17, 15) is 19.8 Å². The highest BCUT2D eigenvalue weighted by Gasteiger charge is 2.39. The summed E-state index contributed by atoms with van der Waals surface area (Å²) in [6, 6.07) is 3.21. The van der Waals surface area contributed by atoms with Gasteiger partial charge in [-0.2, -0.15) is 0 Å². The number of rotatable bonds is 4. The molecule has 3 rings (SSSR count). The second-order valence-electron chi connectivity index (χ2n) is 6.43. The zero-order chi connectivity index (χ0) is 18.1. The lowest BCUT2D eigenvalue weighted by molar-refractivity contribution is -0.144. The van der Waals surface area contributed by atoms with Crippen molar-refractivity contribution in [3.05, 3.63) is 23.3 Å². The van der Waals surface area contributed by atoms with E-state index in [1.807, 2.05) is 0 Å². The Labute approximate surface area is 144 Å². The van der Waals surface area contributed by atoms with Gasteiger partial charge in [-0.15, -0.1) is 0 Å². The SMILES string of the molecule is CC(=O)OC[C@H]1C[C@@H](O)[C@@H](O)C[C@H]1c1cc2c(cc1C(N)=O)OCO2. The van der Waals surface area contributed by atoms with Gasteiger partial charge in [-0.1, -0.05) is 0 Å². The number of aliphatic hydroxyl groups is 2. The van der Waals surface area contributed by atoms with Crippen LogP contribution in [0.2, 0.25) is 0 Å². The van der Waals surface area contributed by atoms with E-state index in [0.717, 1.165) is 0 Å². The highest BCUT2D eigenvalue weighted by Crippen LogP contribution is 2.44. The topological polar surface area (TPSA) is 128 Å². The van der Waals surface area contributed by atoms with Crippen molar-refractivity contribution in [1.29, 1.82) is 0 Å². The fourth-order valence-corrected chi connectivity index (χ4v) is 3.51. The van der Waals surface area contributed by atoms with Crippen LogP contribution in [-0.4, -0.2) is 47.7 Å². The van der Waals surface area contributed by atoms with E-state index >= 15 is 0 Å². The van der Waals surface area contributed by atoms with E-state index in [1.54, 1.807) is 6.07 Å². The molecule has 0 unspecified atom stereocenters. The Hall–Kier alpha value is -2.32. The lowest BCUT2D eigenvalue weighted by Crippen LogP contribution is -2.40. The van der Waals surface area contributed by atoms with E-state index in [4.69, 9.17) is 19.9 Å². The van der Waals surface area contributed by atoms with Gasteiger partial charge < -0.3 is 30.2 Å². The van der Waals surface area contributed by atoms with E-state index in [1.165, 1.54) is 13.0 Å². The van der Waals surface area contributed by atoms with Crippen molar-refractivity contribution < 1.29 is 34.0 Å². The Morgan fingerprint density at radius 1 is 1.20 bits per heavy atom. The summed E-state index contributed by atoms with van der Waals surface area (Å²) in [5.41, 5.74) is 6.38. The van der Waals surface area contributed by atoms with Crippen molar-refractivity contribution in [2.75, 3.05) is 13.4 Å². The van der Waals surface area contributed by atoms with Crippen molar-refractivity contribution in [2.45, 2.75) is 37.9 Å². The molecule has 0 aromatic heterocycles. The Morgan fingerprint density at radius 3 is 2.48 bits per heavy atom. The number of amides is 1. The molecule has 25 heavy (non-hydrogen) atoms. The highest BCUT2D eigenvalue weighted by molar-refractivity contribution is 5.95. The van der Waals surface area contributed by atoms with Crippen LogP contribution in [0.3, 0.4) is 0 Å². The molecular weight excluding hydrogens is 330 g/mol. The van der Waals surface area contributed by atoms with Gasteiger partial charge in [0.15, 0.2) is 11.5 Å². The average Bonchev–Trinajstić information content (AvgIpc) is 3.01. The molecule has 0 saturated heterocycles. The van der Waals surface area contributed by atoms with Crippen LogP contribution in [0.15, 0.2) is 12.1 Å². The third-order valence-corrected chi connectivity index (χ3v) is 4.76. The van der Waals surface area contributed by atoms with Gasteiger partial charge in [0.2, 0.25) is 12.7 Å². The number of hydrogen-bond donors (Lipinski definition) is 3. The van der Waals surface area contributed by atoms with E-state index in [0.29, 0.717) is 17.1 Å². The molecule has 1 aromatic carbocycles. The molecule has 4 atom stereocenters. The fourth-order valence-electron chi connectivity index (χ4n) is 3.51. The van der Waals surface area contributed by atoms with Crippen LogP contribution in [0.4, 0.5) is 0 Å². The first-order valence-electron chi connectivity index (χ1n) is 8.09. The first kappa shape index (κ1) is 17.5. The number of carbonyl (C=O) groups excluding carboxylic acids is 2. The average molecular weight is 351 g/mol. The zero-order valence-electron chi connectivity index (χ0n) is 13.8. The van der Waals surface area contributed by atoms with Gasteiger partial charge in [-0.05, 0) is 36.5 Å². The fraction of sp³-hybridized carbons (Fsp3) is 0.529. The van der Waals surface area contributed by atoms with Crippen molar-refractivity contribution in [2.24, 2.45) is 11.7 Å². The molecule has 1 saturated carbocycles. The number of fused-ring (bicyclic) bond motifs is 1. The van der Waals surface area contributed by atoms with Gasteiger partial charge in [0.25, 0.3) is 0 Å². The van der Waals surface area contributed by atoms with Crippen LogP contribution in [0.1, 0.15) is 41.6 Å². The number of carbonyl (C=O) groups is 2. The van der Waals surface area contributed by atoms with Gasteiger partial charge in [-0.25, -0.2) is 0 Å². The lowest BCUT2D eigenvalue weighted by Gasteiger charge is -2.37. The molecule has 8 heteroatoms. The highest BCUT2D eigenvalue weighted by atomic mass is 16.7. The molecule has 8 nitrogen and oxygen atoms in total. The standard InChI is InChI=1S/C17H21NO7/c1-8(19)23-6-9-2-13(20)14(21)3-10(9)11-4-15-16(25-7-24-15)5-12(11)17(18)22/h4-5,9-10,13-14,20-21H,2-3,6-7H2,1H3,(H2,18,22)/t9-,10-,13-,14+/m1/s1. The molecule has 4 N–H and O–H groups in total. The minimum absolute atomic E-state index is 0.0554. The number of esters is 1. The second kappa shape index (κ2) is 6.89. The van der Waals surface area contributed by atoms with Crippen molar-refractivity contribution in [1.82, 2.24) is 0 Å². The molecule has 1 amide bonds. The molecule has 1 aliphatic carbocycles. The molecule has 1 aromatic rings. The van der Waals surface area contributed by atoms with Crippen LogP contribution in [-0.2, 0) is 9.53 Å². The predicted molar refractivity (Wildman–Crippen MR) is 85.2 cm³/mol. The molecule has 1 aliphatic heterocycles. The monoisotopic (exact) mass is 351 g/mol. The summed E-state index contributed by atoms with van der Waals surface area (Å²) >= 11 is 0. The van der Waals surface area contributed by atoms with Crippen molar-refractivity contribution in [3.8, 4) is 11.5 Å². The maximum absolute atomic E-state index is 11.9. The third-order valence-electron chi connectivity index (χ3n) is 4.76. The molecule has 1 fully saturated rings. The van der Waals surface area contributed by atoms with Gasteiger partial charge in [0.1, 0.15) is 0 Å². The number of benzene rings is 1. The van der Waals surface area contributed by atoms with Crippen LogP contribution in [0, 0.1) is 5.92 Å². The molecular formula is C17H21NO7. The predicted octanol–water partition coefficient (Wildman–Crippen LogP) is 0.293. The Kier molecular flexibility index (Phi) is 4.82. The van der Waals surface area contributed by atoms with Gasteiger partial charge >= 0.3 is 5.97 Å². The summed E-state index contributed by atoms with van der Waals surface area (Å²) in [6.07, 6.45) is -1.40. The Bertz CT molecular complexity index is 690. The number of nitrogens with two attached hydrogens (primary N) is 1. The number of hydrogen-bond acceptors (Lipinski definition) is 7. The molecule has 0 radical (unpaired) electrons. The molecule has 136 valence electrons. The van der Waals surface area contributed by atoms with E-state index in [-0.39, 0.29) is 43.6 Å². The van der Waals surface area contributed by atoms with Gasteiger partial charge in [0.05, 0.1) is 18.8 Å².